The molecule has 86 valence electrons. The highest BCUT2D eigenvalue weighted by atomic mass is 16.5. The fourth-order valence-corrected chi connectivity index (χ4v) is 1.56. The molecule has 0 saturated heterocycles. The van der Waals surface area contributed by atoms with Crippen molar-refractivity contribution in [2.24, 2.45) is 5.73 Å². The van der Waals surface area contributed by atoms with Crippen molar-refractivity contribution in [2.45, 2.75) is 52.2 Å². The second-order valence-electron chi connectivity index (χ2n) is 4.09. The van der Waals surface area contributed by atoms with E-state index >= 15 is 0 Å². The summed E-state index contributed by atoms with van der Waals surface area (Å²) >= 11 is 0. The first-order chi connectivity index (χ1) is 6.54. The van der Waals surface area contributed by atoms with Gasteiger partial charge in [0.1, 0.15) is 0 Å². The van der Waals surface area contributed by atoms with Crippen molar-refractivity contribution in [3.8, 4) is 0 Å². The predicted molar refractivity (Wildman–Crippen MR) is 61.4 cm³/mol. The molecule has 0 aromatic carbocycles. The maximum absolute atomic E-state index is 5.92. The van der Waals surface area contributed by atoms with E-state index in [9.17, 15) is 0 Å². The molecular formula is C11H26N2O. The van der Waals surface area contributed by atoms with E-state index in [4.69, 9.17) is 10.5 Å². The lowest BCUT2D eigenvalue weighted by Gasteiger charge is -2.36. The summed E-state index contributed by atoms with van der Waals surface area (Å²) in [7, 11) is 1.74. The molecule has 14 heavy (non-hydrogen) atoms. The zero-order valence-corrected chi connectivity index (χ0v) is 10.3. The Hall–Kier alpha value is -0.120. The van der Waals surface area contributed by atoms with Crippen LogP contribution in [0.1, 0.15) is 34.1 Å². The van der Waals surface area contributed by atoms with E-state index in [-0.39, 0.29) is 6.04 Å². The molecule has 3 nitrogen and oxygen atoms in total. The van der Waals surface area contributed by atoms with Gasteiger partial charge in [0.15, 0.2) is 0 Å². The minimum atomic E-state index is 0.209. The number of nitrogens with zero attached hydrogens (tertiary/aromatic N) is 1. The maximum atomic E-state index is 5.92. The Balaban J connectivity index is 4.22. The van der Waals surface area contributed by atoms with Crippen LogP contribution in [-0.4, -0.2) is 43.3 Å². The van der Waals surface area contributed by atoms with E-state index in [1.165, 1.54) is 0 Å². The molecule has 0 aliphatic heterocycles. The van der Waals surface area contributed by atoms with Gasteiger partial charge in [0, 0.05) is 31.8 Å². The van der Waals surface area contributed by atoms with Crippen molar-refractivity contribution in [2.75, 3.05) is 20.3 Å². The molecule has 0 heterocycles. The largest absolute Gasteiger partial charge is 0.383 e. The van der Waals surface area contributed by atoms with E-state index in [0.717, 1.165) is 19.6 Å². The van der Waals surface area contributed by atoms with Crippen LogP contribution in [0.4, 0.5) is 0 Å². The third kappa shape index (κ3) is 4.40. The lowest BCUT2D eigenvalue weighted by Crippen LogP contribution is -2.49. The Morgan fingerprint density at radius 1 is 1.29 bits per heavy atom. The van der Waals surface area contributed by atoms with Crippen LogP contribution in [0.5, 0.6) is 0 Å². The minimum Gasteiger partial charge on any atom is -0.383 e. The van der Waals surface area contributed by atoms with Crippen molar-refractivity contribution in [3.05, 3.63) is 0 Å². The number of hydrogen-bond donors (Lipinski definition) is 1. The predicted octanol–water partition coefficient (Wildman–Crippen LogP) is 1.47. The molecular weight excluding hydrogens is 176 g/mol. The summed E-state index contributed by atoms with van der Waals surface area (Å²) in [6, 6.07) is 1.20. The zero-order valence-electron chi connectivity index (χ0n) is 10.3. The van der Waals surface area contributed by atoms with Gasteiger partial charge in [-0.15, -0.1) is 0 Å². The Labute approximate surface area is 88.6 Å². The second-order valence-corrected chi connectivity index (χ2v) is 4.09. The molecule has 0 amide bonds. The van der Waals surface area contributed by atoms with Crippen LogP contribution in [0, 0.1) is 0 Å². The van der Waals surface area contributed by atoms with Gasteiger partial charge in [-0.3, -0.25) is 4.90 Å². The average Bonchev–Trinajstić information content (AvgIpc) is 2.17. The number of hydrogen-bond acceptors (Lipinski definition) is 3. The first-order valence-electron chi connectivity index (χ1n) is 5.54. The standard InChI is InChI=1S/C11H26N2O/c1-6-9(2)13(7-8-14-5)11(4)10(3)12/h9-11H,6-8,12H2,1-5H3. The number of methoxy groups -OCH3 is 1. The van der Waals surface area contributed by atoms with Crippen LogP contribution in [0.3, 0.4) is 0 Å². The highest BCUT2D eigenvalue weighted by Gasteiger charge is 2.20. The average molecular weight is 202 g/mol. The molecule has 0 aliphatic rings. The molecule has 0 bridgehead atoms. The quantitative estimate of drug-likeness (QED) is 0.679. The van der Waals surface area contributed by atoms with Gasteiger partial charge in [-0.25, -0.2) is 0 Å². The number of rotatable bonds is 7. The van der Waals surface area contributed by atoms with Crippen LogP contribution >= 0.6 is 0 Å². The highest BCUT2D eigenvalue weighted by Crippen LogP contribution is 2.10. The van der Waals surface area contributed by atoms with E-state index in [1.807, 2.05) is 0 Å². The van der Waals surface area contributed by atoms with E-state index in [2.05, 4.69) is 32.6 Å². The first kappa shape index (κ1) is 13.9. The van der Waals surface area contributed by atoms with Crippen LogP contribution in [0.25, 0.3) is 0 Å². The number of ether oxygens (including phenoxy) is 1. The third-order valence-corrected chi connectivity index (χ3v) is 2.99. The lowest BCUT2D eigenvalue weighted by molar-refractivity contribution is 0.0862. The molecule has 0 aliphatic carbocycles. The second kappa shape index (κ2) is 7.21. The maximum Gasteiger partial charge on any atom is 0.0589 e. The summed E-state index contributed by atoms with van der Waals surface area (Å²) in [6.07, 6.45) is 1.15. The Morgan fingerprint density at radius 3 is 2.21 bits per heavy atom. The Morgan fingerprint density at radius 2 is 1.86 bits per heavy atom. The van der Waals surface area contributed by atoms with Crippen molar-refractivity contribution in [1.29, 1.82) is 0 Å². The lowest BCUT2D eigenvalue weighted by atomic mass is 10.1. The molecule has 0 spiro atoms. The number of nitrogens with two attached hydrogens (primary N) is 1. The van der Waals surface area contributed by atoms with Crippen molar-refractivity contribution < 1.29 is 4.74 Å². The molecule has 0 rings (SSSR count). The van der Waals surface area contributed by atoms with Crippen molar-refractivity contribution in [3.63, 3.8) is 0 Å². The van der Waals surface area contributed by atoms with Crippen LogP contribution < -0.4 is 5.73 Å². The van der Waals surface area contributed by atoms with Gasteiger partial charge < -0.3 is 10.5 Å². The van der Waals surface area contributed by atoms with Gasteiger partial charge in [-0.2, -0.15) is 0 Å². The SMILES string of the molecule is CCC(C)N(CCOC)C(C)C(C)N. The molecule has 0 fully saturated rings. The monoisotopic (exact) mass is 202 g/mol. The fraction of sp³-hybridized carbons (Fsp3) is 1.00. The van der Waals surface area contributed by atoms with Gasteiger partial charge in [0.25, 0.3) is 0 Å². The molecule has 2 N–H and O–H groups in total. The van der Waals surface area contributed by atoms with Gasteiger partial charge in [0.05, 0.1) is 6.61 Å². The van der Waals surface area contributed by atoms with E-state index in [1.54, 1.807) is 7.11 Å². The van der Waals surface area contributed by atoms with Crippen LogP contribution in [-0.2, 0) is 4.74 Å². The van der Waals surface area contributed by atoms with Crippen molar-refractivity contribution >= 4 is 0 Å². The molecule has 0 aromatic heterocycles. The highest BCUT2D eigenvalue weighted by molar-refractivity contribution is 4.78. The first-order valence-corrected chi connectivity index (χ1v) is 5.54. The van der Waals surface area contributed by atoms with Gasteiger partial charge >= 0.3 is 0 Å². The molecule has 3 atom stereocenters. The molecule has 0 saturated carbocycles. The third-order valence-electron chi connectivity index (χ3n) is 2.99. The Kier molecular flexibility index (Phi) is 7.15. The van der Waals surface area contributed by atoms with Crippen LogP contribution in [0.2, 0.25) is 0 Å². The normalized spacial score (nSPS) is 18.2. The summed E-state index contributed by atoms with van der Waals surface area (Å²) < 4.78 is 5.11. The smallest absolute Gasteiger partial charge is 0.0589 e. The summed E-state index contributed by atoms with van der Waals surface area (Å²) in [4.78, 5) is 2.42. The van der Waals surface area contributed by atoms with E-state index < -0.39 is 0 Å². The van der Waals surface area contributed by atoms with Gasteiger partial charge in [-0.05, 0) is 27.2 Å². The topological polar surface area (TPSA) is 38.5 Å². The summed E-state index contributed by atoms with van der Waals surface area (Å²) in [6.45, 7) is 10.4. The minimum absolute atomic E-state index is 0.209. The molecule has 0 aromatic rings. The summed E-state index contributed by atoms with van der Waals surface area (Å²) in [5.41, 5.74) is 5.92. The molecule has 3 unspecified atom stereocenters. The van der Waals surface area contributed by atoms with Crippen LogP contribution in [0.15, 0.2) is 0 Å². The Bertz CT molecular complexity index is 139. The zero-order chi connectivity index (χ0) is 11.1. The van der Waals surface area contributed by atoms with E-state index in [0.29, 0.717) is 12.1 Å². The summed E-state index contributed by atoms with van der Waals surface area (Å²) in [5.74, 6) is 0. The van der Waals surface area contributed by atoms with Gasteiger partial charge in [-0.1, -0.05) is 6.92 Å². The van der Waals surface area contributed by atoms with Crippen molar-refractivity contribution in [1.82, 2.24) is 4.90 Å². The molecule has 3 heteroatoms. The fourth-order valence-electron chi connectivity index (χ4n) is 1.56. The summed E-state index contributed by atoms with van der Waals surface area (Å²) in [5, 5.41) is 0. The van der Waals surface area contributed by atoms with Gasteiger partial charge in [0.2, 0.25) is 0 Å². The molecule has 0 radical (unpaired) electrons.